The number of halogens is 1. The summed E-state index contributed by atoms with van der Waals surface area (Å²) < 4.78 is 42.7. The lowest BCUT2D eigenvalue weighted by atomic mass is 9.94. The molecule has 2 aromatic carbocycles. The third-order valence-corrected chi connectivity index (χ3v) is 7.96. The highest BCUT2D eigenvalue weighted by atomic mass is 32.2. The van der Waals surface area contributed by atoms with E-state index in [1.165, 1.54) is 16.4 Å². The van der Waals surface area contributed by atoms with E-state index < -0.39 is 27.7 Å². The summed E-state index contributed by atoms with van der Waals surface area (Å²) >= 11 is 0. The predicted molar refractivity (Wildman–Crippen MR) is 111 cm³/mol. The van der Waals surface area contributed by atoms with Crippen LogP contribution in [0.3, 0.4) is 0 Å². The van der Waals surface area contributed by atoms with Crippen molar-refractivity contribution in [2.24, 2.45) is 0 Å². The number of aliphatic carboxylic acids is 1. The number of fused-ring (bicyclic) bond motifs is 3. The quantitative estimate of drug-likeness (QED) is 0.671. The topological polar surface area (TPSA) is 79.6 Å². The van der Waals surface area contributed by atoms with Crippen LogP contribution in [0.25, 0.3) is 10.9 Å². The Kier molecular flexibility index (Phi) is 5.15. The first-order chi connectivity index (χ1) is 14.2. The van der Waals surface area contributed by atoms with Crippen LogP contribution in [0.5, 0.6) is 0 Å². The third kappa shape index (κ3) is 3.30. The Labute approximate surface area is 174 Å². The smallest absolute Gasteiger partial charge is 0.310 e. The number of aromatic nitrogens is 1. The Bertz CT molecular complexity index is 1220. The maximum absolute atomic E-state index is 13.2. The van der Waals surface area contributed by atoms with E-state index in [0.717, 1.165) is 34.3 Å². The number of sulfonamides is 1. The highest BCUT2D eigenvalue weighted by molar-refractivity contribution is 7.89. The lowest BCUT2D eigenvalue weighted by molar-refractivity contribution is -0.138. The van der Waals surface area contributed by atoms with E-state index in [1.54, 1.807) is 14.0 Å². The fourth-order valence-corrected chi connectivity index (χ4v) is 5.72. The summed E-state index contributed by atoms with van der Waals surface area (Å²) in [6, 6.07) is 12.2. The number of carboxylic acid groups (broad SMARTS) is 1. The van der Waals surface area contributed by atoms with Crippen molar-refractivity contribution in [3.8, 4) is 0 Å². The standard InChI is InChI=1S/C22H23FN2O4S/c1-14(22(26)27)21-18-5-3-4-6-19(18)25-13-16(9-12-20(21)25)24(2)30(28,29)17-10-7-15(23)8-11-17/h3-8,10-11,14,16H,9,12-13H2,1-2H3,(H,26,27)/t14?,16-/m1/s1. The normalized spacial score (nSPS) is 17.8. The molecular weight excluding hydrogens is 407 g/mol. The molecule has 0 fully saturated rings. The van der Waals surface area contributed by atoms with E-state index in [2.05, 4.69) is 4.57 Å². The number of hydrogen-bond donors (Lipinski definition) is 1. The van der Waals surface area contributed by atoms with Gasteiger partial charge in [-0.15, -0.1) is 0 Å². The molecule has 3 aromatic rings. The SMILES string of the molecule is CC(C(=O)O)c1c2n(c3ccccc13)C[C@H](N(C)S(=O)(=O)c1ccc(F)cc1)CC2. The summed E-state index contributed by atoms with van der Waals surface area (Å²) in [6.45, 7) is 2.11. The number of para-hydroxylation sites is 1. The monoisotopic (exact) mass is 430 g/mol. The van der Waals surface area contributed by atoms with Gasteiger partial charge in [-0.2, -0.15) is 4.31 Å². The van der Waals surface area contributed by atoms with Gasteiger partial charge >= 0.3 is 5.97 Å². The first kappa shape index (κ1) is 20.6. The van der Waals surface area contributed by atoms with Crippen molar-refractivity contribution in [3.05, 3.63) is 65.6 Å². The van der Waals surface area contributed by atoms with Crippen molar-refractivity contribution < 1.29 is 22.7 Å². The Hall–Kier alpha value is -2.71. The predicted octanol–water partition coefficient (Wildman–Crippen LogP) is 3.60. The molecule has 8 heteroatoms. The van der Waals surface area contributed by atoms with Crippen LogP contribution in [0.4, 0.5) is 4.39 Å². The molecule has 1 aromatic heterocycles. The minimum absolute atomic E-state index is 0.0507. The average molecular weight is 431 g/mol. The van der Waals surface area contributed by atoms with E-state index in [-0.39, 0.29) is 10.9 Å². The van der Waals surface area contributed by atoms with Gasteiger partial charge in [-0.3, -0.25) is 4.79 Å². The number of likely N-dealkylation sites (N-methyl/N-ethyl adjacent to an activating group) is 1. The lowest BCUT2D eigenvalue weighted by Crippen LogP contribution is -2.42. The number of rotatable bonds is 5. The highest BCUT2D eigenvalue weighted by Gasteiger charge is 2.34. The molecule has 1 aliphatic rings. The lowest BCUT2D eigenvalue weighted by Gasteiger charge is -2.32. The van der Waals surface area contributed by atoms with Crippen molar-refractivity contribution in [2.45, 2.75) is 43.2 Å². The van der Waals surface area contributed by atoms with Gasteiger partial charge in [0.15, 0.2) is 0 Å². The van der Waals surface area contributed by atoms with E-state index >= 15 is 0 Å². The van der Waals surface area contributed by atoms with Crippen molar-refractivity contribution in [2.75, 3.05) is 7.05 Å². The van der Waals surface area contributed by atoms with Crippen LogP contribution >= 0.6 is 0 Å². The van der Waals surface area contributed by atoms with Crippen LogP contribution < -0.4 is 0 Å². The minimum atomic E-state index is -3.77. The summed E-state index contributed by atoms with van der Waals surface area (Å²) in [7, 11) is -2.23. The summed E-state index contributed by atoms with van der Waals surface area (Å²) in [5.74, 6) is -2.02. The average Bonchev–Trinajstić information content (AvgIpc) is 3.06. The first-order valence-corrected chi connectivity index (χ1v) is 11.2. The van der Waals surface area contributed by atoms with E-state index in [9.17, 15) is 22.7 Å². The summed E-state index contributed by atoms with van der Waals surface area (Å²) in [5.41, 5.74) is 2.67. The van der Waals surface area contributed by atoms with Crippen LogP contribution in [-0.2, 0) is 27.8 Å². The Morgan fingerprint density at radius 2 is 1.87 bits per heavy atom. The highest BCUT2D eigenvalue weighted by Crippen LogP contribution is 2.37. The second kappa shape index (κ2) is 7.52. The zero-order valence-electron chi connectivity index (χ0n) is 16.7. The van der Waals surface area contributed by atoms with Crippen molar-refractivity contribution in [3.63, 3.8) is 0 Å². The van der Waals surface area contributed by atoms with Crippen LogP contribution in [0.1, 0.15) is 30.5 Å². The molecule has 0 aliphatic carbocycles. The van der Waals surface area contributed by atoms with Crippen molar-refractivity contribution >= 4 is 26.9 Å². The minimum Gasteiger partial charge on any atom is -0.481 e. The number of benzene rings is 2. The molecule has 0 amide bonds. The molecule has 158 valence electrons. The van der Waals surface area contributed by atoms with Gasteiger partial charge in [-0.1, -0.05) is 18.2 Å². The number of nitrogens with zero attached hydrogens (tertiary/aromatic N) is 2. The molecule has 4 rings (SSSR count). The molecule has 0 spiro atoms. The van der Waals surface area contributed by atoms with Gasteiger partial charge in [0.05, 0.1) is 10.8 Å². The Balaban J connectivity index is 1.72. The molecule has 6 nitrogen and oxygen atoms in total. The van der Waals surface area contributed by atoms with Crippen molar-refractivity contribution in [1.29, 1.82) is 0 Å². The fraction of sp³-hybridized carbons (Fsp3) is 0.318. The summed E-state index contributed by atoms with van der Waals surface area (Å²) in [5, 5.41) is 10.5. The Morgan fingerprint density at radius 1 is 1.20 bits per heavy atom. The molecular formula is C22H23FN2O4S. The van der Waals surface area contributed by atoms with E-state index in [0.29, 0.717) is 19.4 Å². The molecule has 1 unspecified atom stereocenters. The van der Waals surface area contributed by atoms with Gasteiger partial charge in [-0.25, -0.2) is 12.8 Å². The van der Waals surface area contributed by atoms with Crippen LogP contribution in [0.15, 0.2) is 53.4 Å². The van der Waals surface area contributed by atoms with Crippen LogP contribution in [0.2, 0.25) is 0 Å². The molecule has 0 bridgehead atoms. The van der Waals surface area contributed by atoms with Gasteiger partial charge in [-0.05, 0) is 55.7 Å². The number of hydrogen-bond acceptors (Lipinski definition) is 3. The largest absolute Gasteiger partial charge is 0.481 e. The summed E-state index contributed by atoms with van der Waals surface area (Å²) in [6.07, 6.45) is 1.15. The number of carboxylic acids is 1. The van der Waals surface area contributed by atoms with Crippen LogP contribution in [0, 0.1) is 5.82 Å². The van der Waals surface area contributed by atoms with Crippen LogP contribution in [-0.4, -0.2) is 41.5 Å². The van der Waals surface area contributed by atoms with E-state index in [1.807, 2.05) is 24.3 Å². The van der Waals surface area contributed by atoms with Crippen molar-refractivity contribution in [1.82, 2.24) is 8.87 Å². The van der Waals surface area contributed by atoms with Gasteiger partial charge in [0.25, 0.3) is 0 Å². The number of carbonyl (C=O) groups is 1. The first-order valence-electron chi connectivity index (χ1n) is 9.78. The molecule has 0 saturated carbocycles. The maximum Gasteiger partial charge on any atom is 0.310 e. The second-order valence-corrected chi connectivity index (χ2v) is 9.71. The maximum atomic E-state index is 13.2. The Morgan fingerprint density at radius 3 is 2.53 bits per heavy atom. The fourth-order valence-electron chi connectivity index (χ4n) is 4.34. The molecule has 2 atom stereocenters. The molecule has 2 heterocycles. The molecule has 1 aliphatic heterocycles. The second-order valence-electron chi connectivity index (χ2n) is 7.72. The molecule has 1 N–H and O–H groups in total. The summed E-state index contributed by atoms with van der Waals surface area (Å²) in [4.78, 5) is 11.7. The molecule has 0 saturated heterocycles. The molecule has 30 heavy (non-hydrogen) atoms. The van der Waals surface area contributed by atoms with Gasteiger partial charge in [0.1, 0.15) is 5.82 Å². The zero-order chi connectivity index (χ0) is 21.6. The third-order valence-electron chi connectivity index (χ3n) is 6.04. The van der Waals surface area contributed by atoms with E-state index in [4.69, 9.17) is 0 Å². The van der Waals surface area contributed by atoms with Gasteiger partial charge < -0.3 is 9.67 Å². The van der Waals surface area contributed by atoms with Gasteiger partial charge in [0, 0.05) is 36.2 Å². The zero-order valence-corrected chi connectivity index (χ0v) is 17.6. The van der Waals surface area contributed by atoms with Gasteiger partial charge in [0.2, 0.25) is 10.0 Å². The molecule has 0 radical (unpaired) electrons.